The van der Waals surface area contributed by atoms with E-state index in [4.69, 9.17) is 5.14 Å². The van der Waals surface area contributed by atoms with E-state index in [2.05, 4.69) is 5.32 Å². The third-order valence-corrected chi connectivity index (χ3v) is 7.22. The smallest absolute Gasteiger partial charge is 0.293 e. The van der Waals surface area contributed by atoms with Crippen LogP contribution in [0.1, 0.15) is 38.5 Å². The minimum atomic E-state index is -3.96. The van der Waals surface area contributed by atoms with Gasteiger partial charge in [0, 0.05) is 12.6 Å². The second kappa shape index (κ2) is 5.67. The molecule has 1 aromatic rings. The van der Waals surface area contributed by atoms with Gasteiger partial charge < -0.3 is 5.32 Å². The van der Waals surface area contributed by atoms with Crippen molar-refractivity contribution in [3.63, 3.8) is 0 Å². The van der Waals surface area contributed by atoms with Crippen LogP contribution in [-0.4, -0.2) is 19.9 Å². The molecule has 0 amide bonds. The number of sulfonamides is 1. The number of hydrogen-bond donors (Lipinski definition) is 2. The summed E-state index contributed by atoms with van der Waals surface area (Å²) in [7, 11) is -3.96. The lowest BCUT2D eigenvalue weighted by Gasteiger charge is -2.57. The van der Waals surface area contributed by atoms with E-state index in [1.54, 1.807) is 0 Å². The summed E-state index contributed by atoms with van der Waals surface area (Å²) in [6.45, 7) is 0.714. The van der Waals surface area contributed by atoms with E-state index in [0.717, 1.165) is 23.8 Å². The first kappa shape index (κ1) is 16.8. The standard InChI is InChI=1S/C17H23N3O4S/c18-25(23,24)14-1-2-15(16(6-14)20(21)22)19-10-17-7-11-3-12(8-17)5-13(4-11)9-17/h1-2,6,11-13,19H,3-5,7-10H2,(H2,18,23,24). The monoisotopic (exact) mass is 365 g/mol. The van der Waals surface area contributed by atoms with Gasteiger partial charge in [-0.05, 0) is 73.8 Å². The highest BCUT2D eigenvalue weighted by Gasteiger charge is 2.50. The number of nitrogens with zero attached hydrogens (tertiary/aromatic N) is 1. The predicted molar refractivity (Wildman–Crippen MR) is 93.6 cm³/mol. The Kier molecular flexibility index (Phi) is 3.81. The van der Waals surface area contributed by atoms with Gasteiger partial charge in [0.1, 0.15) is 5.69 Å². The molecular formula is C17H23N3O4S. The van der Waals surface area contributed by atoms with Crippen LogP contribution in [-0.2, 0) is 10.0 Å². The Morgan fingerprint density at radius 1 is 1.16 bits per heavy atom. The van der Waals surface area contributed by atoms with Crippen LogP contribution < -0.4 is 10.5 Å². The third kappa shape index (κ3) is 3.13. The van der Waals surface area contributed by atoms with Crippen LogP contribution >= 0.6 is 0 Å². The molecule has 0 spiro atoms. The summed E-state index contributed by atoms with van der Waals surface area (Å²) in [5, 5.41) is 19.7. The molecule has 3 N–H and O–H groups in total. The Labute approximate surface area is 147 Å². The fourth-order valence-electron chi connectivity index (χ4n) is 5.78. The molecule has 0 atom stereocenters. The van der Waals surface area contributed by atoms with Gasteiger partial charge in [0.05, 0.1) is 9.82 Å². The summed E-state index contributed by atoms with van der Waals surface area (Å²) in [4.78, 5) is 10.6. The van der Waals surface area contributed by atoms with Crippen LogP contribution in [0, 0.1) is 33.3 Å². The topological polar surface area (TPSA) is 115 Å². The molecule has 25 heavy (non-hydrogen) atoms. The van der Waals surface area contributed by atoms with Gasteiger partial charge >= 0.3 is 0 Å². The molecule has 4 saturated carbocycles. The average Bonchev–Trinajstić information content (AvgIpc) is 2.50. The van der Waals surface area contributed by atoms with Gasteiger partial charge in [-0.25, -0.2) is 13.6 Å². The van der Waals surface area contributed by atoms with Crippen LogP contribution in [0.5, 0.6) is 0 Å². The minimum absolute atomic E-state index is 0.237. The van der Waals surface area contributed by atoms with Crippen LogP contribution in [0.25, 0.3) is 0 Å². The lowest BCUT2D eigenvalue weighted by Crippen LogP contribution is -2.49. The summed E-state index contributed by atoms with van der Waals surface area (Å²) < 4.78 is 22.9. The molecule has 4 bridgehead atoms. The first-order chi connectivity index (χ1) is 11.7. The normalized spacial score (nSPS) is 33.4. The molecule has 0 aliphatic heterocycles. The van der Waals surface area contributed by atoms with Crippen LogP contribution in [0.15, 0.2) is 23.1 Å². The molecule has 7 nitrogen and oxygen atoms in total. The number of nitro groups is 1. The summed E-state index contributed by atoms with van der Waals surface area (Å²) in [5.74, 6) is 2.44. The Morgan fingerprint density at radius 3 is 2.20 bits per heavy atom. The maximum absolute atomic E-state index is 11.4. The van der Waals surface area contributed by atoms with Crippen LogP contribution in [0.2, 0.25) is 0 Å². The molecule has 4 fully saturated rings. The number of nitrogens with two attached hydrogens (primary N) is 1. The van der Waals surface area contributed by atoms with Gasteiger partial charge in [-0.2, -0.15) is 0 Å². The Balaban J connectivity index is 1.56. The number of benzene rings is 1. The molecule has 0 heterocycles. The summed E-state index contributed by atoms with van der Waals surface area (Å²) >= 11 is 0. The van der Waals surface area contributed by atoms with Crippen molar-refractivity contribution in [1.29, 1.82) is 0 Å². The van der Waals surface area contributed by atoms with E-state index in [1.165, 1.54) is 50.7 Å². The van der Waals surface area contributed by atoms with Gasteiger partial charge in [-0.15, -0.1) is 0 Å². The zero-order chi connectivity index (χ0) is 17.8. The highest BCUT2D eigenvalue weighted by atomic mass is 32.2. The number of primary sulfonamides is 1. The first-order valence-corrected chi connectivity index (χ1v) is 10.3. The van der Waals surface area contributed by atoms with E-state index >= 15 is 0 Å². The van der Waals surface area contributed by atoms with Crippen molar-refractivity contribution in [1.82, 2.24) is 0 Å². The van der Waals surface area contributed by atoms with Crippen molar-refractivity contribution < 1.29 is 13.3 Å². The zero-order valence-corrected chi connectivity index (χ0v) is 14.8. The Hall–Kier alpha value is -1.67. The molecule has 4 aliphatic carbocycles. The lowest BCUT2D eigenvalue weighted by atomic mass is 9.49. The fraction of sp³-hybridized carbons (Fsp3) is 0.647. The maximum Gasteiger partial charge on any atom is 0.293 e. The predicted octanol–water partition coefficient (Wildman–Crippen LogP) is 2.87. The largest absolute Gasteiger partial charge is 0.379 e. The number of anilines is 1. The molecule has 4 aliphatic rings. The molecule has 0 aromatic heterocycles. The van der Waals surface area contributed by atoms with Crippen molar-refractivity contribution in [2.45, 2.75) is 43.4 Å². The minimum Gasteiger partial charge on any atom is -0.379 e. The lowest BCUT2D eigenvalue weighted by molar-refractivity contribution is -0.384. The van der Waals surface area contributed by atoms with E-state index in [1.807, 2.05) is 0 Å². The van der Waals surface area contributed by atoms with E-state index < -0.39 is 14.9 Å². The fourth-order valence-corrected chi connectivity index (χ4v) is 6.31. The zero-order valence-electron chi connectivity index (χ0n) is 14.0. The van der Waals surface area contributed by atoms with Gasteiger partial charge in [0.25, 0.3) is 5.69 Å². The quantitative estimate of drug-likeness (QED) is 0.615. The Morgan fingerprint density at radius 2 is 1.72 bits per heavy atom. The average molecular weight is 365 g/mol. The van der Waals surface area contributed by atoms with E-state index in [-0.39, 0.29) is 16.0 Å². The first-order valence-electron chi connectivity index (χ1n) is 8.79. The van der Waals surface area contributed by atoms with Crippen LogP contribution in [0.4, 0.5) is 11.4 Å². The van der Waals surface area contributed by atoms with Crippen molar-refractivity contribution in [3.8, 4) is 0 Å². The molecule has 1 aromatic carbocycles. The maximum atomic E-state index is 11.4. The molecule has 136 valence electrons. The van der Waals surface area contributed by atoms with Crippen molar-refractivity contribution >= 4 is 21.4 Å². The van der Waals surface area contributed by atoms with Crippen LogP contribution in [0.3, 0.4) is 0 Å². The number of nitro benzene ring substituents is 1. The van der Waals surface area contributed by atoms with Crippen molar-refractivity contribution in [2.75, 3.05) is 11.9 Å². The van der Waals surface area contributed by atoms with Gasteiger partial charge in [0.2, 0.25) is 10.0 Å². The highest BCUT2D eigenvalue weighted by Crippen LogP contribution is 2.60. The summed E-state index contributed by atoms with van der Waals surface area (Å²) in [5.41, 5.74) is 0.366. The van der Waals surface area contributed by atoms with Crippen molar-refractivity contribution in [2.24, 2.45) is 28.3 Å². The Bertz CT molecular complexity index is 786. The van der Waals surface area contributed by atoms with Gasteiger partial charge in [-0.1, -0.05) is 0 Å². The van der Waals surface area contributed by atoms with Gasteiger partial charge in [0.15, 0.2) is 0 Å². The second-order valence-electron chi connectivity index (χ2n) is 8.25. The summed E-state index contributed by atoms with van der Waals surface area (Å²) in [6.07, 6.45) is 7.66. The molecule has 0 radical (unpaired) electrons. The number of nitrogens with one attached hydrogen (secondary N) is 1. The highest BCUT2D eigenvalue weighted by molar-refractivity contribution is 7.89. The summed E-state index contributed by atoms with van der Waals surface area (Å²) in [6, 6.07) is 3.82. The molecule has 8 heteroatoms. The van der Waals surface area contributed by atoms with Gasteiger partial charge in [-0.3, -0.25) is 10.1 Å². The second-order valence-corrected chi connectivity index (χ2v) is 9.81. The molecule has 0 unspecified atom stereocenters. The number of rotatable bonds is 5. The number of hydrogen-bond acceptors (Lipinski definition) is 5. The third-order valence-electron chi connectivity index (χ3n) is 6.31. The van der Waals surface area contributed by atoms with E-state index in [9.17, 15) is 18.5 Å². The SMILES string of the molecule is NS(=O)(=O)c1ccc(NCC23CC4CC(CC(C4)C2)C3)c([N+](=O)[O-])c1. The molecular weight excluding hydrogens is 342 g/mol. The van der Waals surface area contributed by atoms with Crippen molar-refractivity contribution in [3.05, 3.63) is 28.3 Å². The molecule has 0 saturated heterocycles. The van der Waals surface area contributed by atoms with E-state index in [0.29, 0.717) is 12.2 Å². The molecule has 5 rings (SSSR count).